The van der Waals surface area contributed by atoms with Crippen LogP contribution in [0.4, 0.5) is 20.2 Å². The Morgan fingerprint density at radius 2 is 1.96 bits per heavy atom. The van der Waals surface area contributed by atoms with Gasteiger partial charge in [-0.1, -0.05) is 6.07 Å². The Labute approximate surface area is 141 Å². The van der Waals surface area contributed by atoms with E-state index in [1.807, 2.05) is 0 Å². The van der Waals surface area contributed by atoms with Gasteiger partial charge in [-0.3, -0.25) is 14.9 Å². The molecule has 0 aliphatic heterocycles. The zero-order valence-electron chi connectivity index (χ0n) is 12.9. The number of carbonyl (C=O) groups excluding carboxylic acids is 1. The van der Waals surface area contributed by atoms with Gasteiger partial charge in [-0.05, 0) is 43.2 Å². The monoisotopic (exact) mass is 352 g/mol. The van der Waals surface area contributed by atoms with Crippen molar-refractivity contribution in [3.8, 4) is 0 Å². The molecule has 0 atom stereocenters. The topological polar surface area (TPSA) is 72.2 Å². The van der Waals surface area contributed by atoms with E-state index in [1.54, 1.807) is 19.9 Å². The maximum absolute atomic E-state index is 13.5. The van der Waals surface area contributed by atoms with Gasteiger partial charge in [-0.2, -0.15) is 0 Å². The highest BCUT2D eigenvalue weighted by molar-refractivity contribution is 8.00. The van der Waals surface area contributed by atoms with Crippen molar-refractivity contribution >= 4 is 29.0 Å². The van der Waals surface area contributed by atoms with Gasteiger partial charge in [-0.15, -0.1) is 11.8 Å². The highest BCUT2D eigenvalue weighted by atomic mass is 32.2. The number of hydrogen-bond acceptors (Lipinski definition) is 4. The molecule has 2 rings (SSSR count). The molecule has 8 heteroatoms. The minimum absolute atomic E-state index is 0.000568. The number of hydrogen-bond donors (Lipinski definition) is 1. The van der Waals surface area contributed by atoms with Crippen LogP contribution < -0.4 is 5.32 Å². The molecule has 5 nitrogen and oxygen atoms in total. The number of amides is 1. The van der Waals surface area contributed by atoms with E-state index in [2.05, 4.69) is 5.32 Å². The molecule has 0 aromatic heterocycles. The summed E-state index contributed by atoms with van der Waals surface area (Å²) in [5, 5.41) is 13.6. The quantitative estimate of drug-likeness (QED) is 0.497. The number of halogens is 2. The molecule has 0 aliphatic carbocycles. The van der Waals surface area contributed by atoms with Crippen LogP contribution in [0.1, 0.15) is 11.1 Å². The number of nitro benzene ring substituents is 1. The van der Waals surface area contributed by atoms with Crippen LogP contribution in [-0.4, -0.2) is 16.6 Å². The minimum atomic E-state index is -0.632. The summed E-state index contributed by atoms with van der Waals surface area (Å²) in [5.74, 6) is -1.98. The highest BCUT2D eigenvalue weighted by Gasteiger charge is 2.19. The standard InChI is InChI=1S/C16H14F2N2O3S/c1-9-3-6-13(20(22)23)16(10(9)2)19-15(21)8-24-14-7-11(17)4-5-12(14)18/h3-7H,8H2,1-2H3,(H,19,21). The molecule has 0 fully saturated rings. The lowest BCUT2D eigenvalue weighted by Gasteiger charge is -2.11. The first kappa shape index (κ1) is 17.9. The van der Waals surface area contributed by atoms with E-state index < -0.39 is 22.5 Å². The first-order valence-corrected chi connectivity index (χ1v) is 7.90. The second-order valence-corrected chi connectivity index (χ2v) is 6.09. The lowest BCUT2D eigenvalue weighted by molar-refractivity contribution is -0.384. The minimum Gasteiger partial charge on any atom is -0.319 e. The van der Waals surface area contributed by atoms with E-state index in [0.717, 1.165) is 35.5 Å². The average Bonchev–Trinajstić information content (AvgIpc) is 2.52. The van der Waals surface area contributed by atoms with Gasteiger partial charge in [0.25, 0.3) is 5.69 Å². The summed E-state index contributed by atoms with van der Waals surface area (Å²) in [6.45, 7) is 3.43. The van der Waals surface area contributed by atoms with Crippen molar-refractivity contribution in [2.45, 2.75) is 18.7 Å². The van der Waals surface area contributed by atoms with E-state index in [4.69, 9.17) is 0 Å². The zero-order chi connectivity index (χ0) is 17.9. The van der Waals surface area contributed by atoms with E-state index in [-0.39, 0.29) is 22.0 Å². The molecule has 24 heavy (non-hydrogen) atoms. The van der Waals surface area contributed by atoms with Crippen molar-refractivity contribution in [1.82, 2.24) is 0 Å². The molecular formula is C16H14F2N2O3S. The molecule has 0 unspecified atom stereocenters. The molecule has 0 radical (unpaired) electrons. The Hall–Kier alpha value is -2.48. The molecule has 0 bridgehead atoms. The molecular weight excluding hydrogens is 338 g/mol. The molecule has 126 valence electrons. The summed E-state index contributed by atoms with van der Waals surface area (Å²) in [5.41, 5.74) is 1.28. The number of carbonyl (C=O) groups is 1. The summed E-state index contributed by atoms with van der Waals surface area (Å²) in [6.07, 6.45) is 0. The fourth-order valence-electron chi connectivity index (χ4n) is 2.02. The third-order valence-corrected chi connectivity index (χ3v) is 4.46. The number of aryl methyl sites for hydroxylation is 1. The van der Waals surface area contributed by atoms with Gasteiger partial charge >= 0.3 is 0 Å². The lowest BCUT2D eigenvalue weighted by atomic mass is 10.1. The molecule has 1 amide bonds. The predicted molar refractivity (Wildman–Crippen MR) is 88.3 cm³/mol. The Balaban J connectivity index is 2.14. The molecule has 0 spiro atoms. The van der Waals surface area contributed by atoms with Gasteiger partial charge in [-0.25, -0.2) is 8.78 Å². The molecule has 0 saturated heterocycles. The fraction of sp³-hybridized carbons (Fsp3) is 0.188. The number of benzene rings is 2. The predicted octanol–water partition coefficient (Wildman–Crippen LogP) is 4.22. The Kier molecular flexibility index (Phi) is 5.50. The smallest absolute Gasteiger partial charge is 0.293 e. The van der Waals surface area contributed by atoms with E-state index in [0.29, 0.717) is 5.56 Å². The van der Waals surface area contributed by atoms with Crippen molar-refractivity contribution in [3.05, 3.63) is 63.2 Å². The van der Waals surface area contributed by atoms with Crippen molar-refractivity contribution < 1.29 is 18.5 Å². The number of nitrogens with one attached hydrogen (secondary N) is 1. The van der Waals surface area contributed by atoms with Gasteiger partial charge in [0.2, 0.25) is 5.91 Å². The normalized spacial score (nSPS) is 10.5. The van der Waals surface area contributed by atoms with Crippen molar-refractivity contribution in [2.24, 2.45) is 0 Å². The van der Waals surface area contributed by atoms with Crippen LogP contribution in [-0.2, 0) is 4.79 Å². The van der Waals surface area contributed by atoms with E-state index in [9.17, 15) is 23.7 Å². The number of anilines is 1. The van der Waals surface area contributed by atoms with Crippen LogP contribution in [0.15, 0.2) is 35.2 Å². The summed E-state index contributed by atoms with van der Waals surface area (Å²) in [4.78, 5) is 22.6. The Morgan fingerprint density at radius 1 is 1.25 bits per heavy atom. The van der Waals surface area contributed by atoms with Crippen LogP contribution >= 0.6 is 11.8 Å². The van der Waals surface area contributed by atoms with Gasteiger partial charge in [0.1, 0.15) is 17.3 Å². The van der Waals surface area contributed by atoms with Gasteiger partial charge in [0, 0.05) is 11.0 Å². The molecule has 0 heterocycles. The highest BCUT2D eigenvalue weighted by Crippen LogP contribution is 2.30. The average molecular weight is 352 g/mol. The van der Waals surface area contributed by atoms with Crippen LogP contribution in [0.25, 0.3) is 0 Å². The van der Waals surface area contributed by atoms with Crippen molar-refractivity contribution in [2.75, 3.05) is 11.1 Å². The molecule has 2 aromatic carbocycles. The summed E-state index contributed by atoms with van der Waals surface area (Å²) < 4.78 is 26.6. The third kappa shape index (κ3) is 4.08. The maximum Gasteiger partial charge on any atom is 0.293 e. The second kappa shape index (κ2) is 7.39. The Bertz CT molecular complexity index is 812. The van der Waals surface area contributed by atoms with E-state index >= 15 is 0 Å². The summed E-state index contributed by atoms with van der Waals surface area (Å²) in [7, 11) is 0. The molecule has 0 aliphatic rings. The Morgan fingerprint density at radius 3 is 2.62 bits per heavy atom. The second-order valence-electron chi connectivity index (χ2n) is 5.07. The van der Waals surface area contributed by atoms with Gasteiger partial charge in [0.15, 0.2) is 0 Å². The first-order valence-electron chi connectivity index (χ1n) is 6.92. The SMILES string of the molecule is Cc1ccc([N+](=O)[O-])c(NC(=O)CSc2cc(F)ccc2F)c1C. The van der Waals surface area contributed by atoms with Crippen LogP contribution in [0, 0.1) is 35.6 Å². The number of nitro groups is 1. The summed E-state index contributed by atoms with van der Waals surface area (Å²) >= 11 is 0.816. The fourth-order valence-corrected chi connectivity index (χ4v) is 2.78. The number of thioether (sulfide) groups is 1. The van der Waals surface area contributed by atoms with E-state index in [1.165, 1.54) is 6.07 Å². The largest absolute Gasteiger partial charge is 0.319 e. The van der Waals surface area contributed by atoms with Crippen molar-refractivity contribution in [3.63, 3.8) is 0 Å². The van der Waals surface area contributed by atoms with Crippen molar-refractivity contribution in [1.29, 1.82) is 0 Å². The van der Waals surface area contributed by atoms with Gasteiger partial charge < -0.3 is 5.32 Å². The summed E-state index contributed by atoms with van der Waals surface area (Å²) in [6, 6.07) is 5.87. The van der Waals surface area contributed by atoms with Crippen LogP contribution in [0.2, 0.25) is 0 Å². The lowest BCUT2D eigenvalue weighted by Crippen LogP contribution is -2.16. The van der Waals surface area contributed by atoms with Crippen LogP contribution in [0.5, 0.6) is 0 Å². The number of rotatable bonds is 5. The number of nitrogens with zero attached hydrogens (tertiary/aromatic N) is 1. The van der Waals surface area contributed by atoms with Gasteiger partial charge in [0.05, 0.1) is 10.7 Å². The molecule has 1 N–H and O–H groups in total. The zero-order valence-corrected chi connectivity index (χ0v) is 13.7. The third-order valence-electron chi connectivity index (χ3n) is 3.43. The first-order chi connectivity index (χ1) is 11.3. The maximum atomic E-state index is 13.5. The molecule has 0 saturated carbocycles. The molecule has 2 aromatic rings. The van der Waals surface area contributed by atoms with Crippen LogP contribution in [0.3, 0.4) is 0 Å².